The van der Waals surface area contributed by atoms with Crippen molar-refractivity contribution in [2.75, 3.05) is 10.0 Å². The number of nitrogens with zero attached hydrogens (tertiary/aromatic N) is 2. The predicted molar refractivity (Wildman–Crippen MR) is 121 cm³/mol. The lowest BCUT2D eigenvalue weighted by Gasteiger charge is -2.14. The van der Waals surface area contributed by atoms with Crippen LogP contribution >= 0.6 is 0 Å². The van der Waals surface area contributed by atoms with Crippen LogP contribution in [0.15, 0.2) is 90.0 Å². The molecule has 1 amide bonds. The number of anilines is 2. The molecule has 9 nitrogen and oxygen atoms in total. The van der Waals surface area contributed by atoms with Crippen LogP contribution in [0.3, 0.4) is 0 Å². The van der Waals surface area contributed by atoms with Gasteiger partial charge < -0.3 is 9.88 Å². The van der Waals surface area contributed by atoms with Gasteiger partial charge in [0, 0.05) is 29.2 Å². The van der Waals surface area contributed by atoms with Crippen molar-refractivity contribution in [3.05, 3.63) is 95.2 Å². The topological polar surface area (TPSA) is 123 Å². The number of hydrogen-bond acceptors (Lipinski definition) is 5. The summed E-state index contributed by atoms with van der Waals surface area (Å²) >= 11 is 0. The molecular weight excluding hydrogens is 432 g/mol. The smallest absolute Gasteiger partial charge is 0.270 e. The van der Waals surface area contributed by atoms with E-state index in [-0.39, 0.29) is 28.7 Å². The Bertz CT molecular complexity index is 1410. The first-order chi connectivity index (χ1) is 15.3. The quantitative estimate of drug-likeness (QED) is 0.325. The average Bonchev–Trinajstić information content (AvgIpc) is 3.17. The molecule has 4 aromatic rings. The van der Waals surface area contributed by atoms with Crippen LogP contribution in [-0.4, -0.2) is 23.8 Å². The van der Waals surface area contributed by atoms with Crippen LogP contribution < -0.4 is 10.0 Å². The molecule has 0 saturated heterocycles. The molecule has 2 N–H and O–H groups in total. The minimum atomic E-state index is -3.82. The first-order valence-corrected chi connectivity index (χ1v) is 11.0. The van der Waals surface area contributed by atoms with Crippen LogP contribution in [0.4, 0.5) is 17.1 Å². The third kappa shape index (κ3) is 4.44. The fraction of sp³-hybridized carbons (Fsp3) is 0.0455. The molecule has 0 aliphatic heterocycles. The molecule has 3 aromatic carbocycles. The molecule has 1 aromatic heterocycles. The van der Waals surface area contributed by atoms with Gasteiger partial charge in [0.05, 0.1) is 21.2 Å². The number of amides is 1. The fourth-order valence-corrected chi connectivity index (χ4v) is 4.37. The number of fused-ring (bicyclic) bond motifs is 1. The Kier molecular flexibility index (Phi) is 5.61. The van der Waals surface area contributed by atoms with E-state index < -0.39 is 14.9 Å². The highest BCUT2D eigenvalue weighted by molar-refractivity contribution is 7.92. The van der Waals surface area contributed by atoms with E-state index in [1.165, 1.54) is 24.3 Å². The summed E-state index contributed by atoms with van der Waals surface area (Å²) in [6, 6.07) is 20.5. The first kappa shape index (κ1) is 21.1. The molecular formula is C22H18N4O5S. The number of nitro benzene ring substituents is 1. The minimum Gasteiger partial charge on any atom is -0.338 e. The highest BCUT2D eigenvalue weighted by atomic mass is 32.2. The van der Waals surface area contributed by atoms with Crippen LogP contribution in [0, 0.1) is 10.1 Å². The number of nitro groups is 1. The van der Waals surface area contributed by atoms with Crippen LogP contribution in [0.5, 0.6) is 0 Å². The predicted octanol–water partition coefficient (Wildman–Crippen LogP) is 3.99. The van der Waals surface area contributed by atoms with Crippen molar-refractivity contribution in [3.8, 4) is 0 Å². The third-order valence-electron chi connectivity index (χ3n) is 4.78. The molecule has 162 valence electrons. The number of non-ortho nitro benzene ring substituents is 1. The average molecular weight is 450 g/mol. The molecule has 1 heterocycles. The van der Waals surface area contributed by atoms with Crippen LogP contribution in [-0.2, 0) is 21.4 Å². The van der Waals surface area contributed by atoms with E-state index in [0.29, 0.717) is 16.6 Å². The largest absolute Gasteiger partial charge is 0.338 e. The molecule has 10 heteroatoms. The number of aromatic nitrogens is 1. The molecule has 32 heavy (non-hydrogen) atoms. The molecule has 0 aliphatic rings. The van der Waals surface area contributed by atoms with Crippen molar-refractivity contribution in [1.29, 1.82) is 0 Å². The summed E-state index contributed by atoms with van der Waals surface area (Å²) in [5.41, 5.74) is 1.19. The number of carbonyl (C=O) groups excluding carboxylic acids is 1. The number of nitrogens with one attached hydrogen (secondary N) is 2. The monoisotopic (exact) mass is 450 g/mol. The van der Waals surface area contributed by atoms with Gasteiger partial charge in [-0.25, -0.2) is 8.42 Å². The van der Waals surface area contributed by atoms with Gasteiger partial charge in [0.1, 0.15) is 6.54 Å². The van der Waals surface area contributed by atoms with E-state index in [4.69, 9.17) is 0 Å². The second-order valence-electron chi connectivity index (χ2n) is 6.96. The van der Waals surface area contributed by atoms with E-state index in [0.717, 1.165) is 0 Å². The highest BCUT2D eigenvalue weighted by Gasteiger charge is 2.17. The molecule has 0 aliphatic carbocycles. The Morgan fingerprint density at radius 1 is 0.938 bits per heavy atom. The lowest BCUT2D eigenvalue weighted by molar-refractivity contribution is -0.384. The van der Waals surface area contributed by atoms with Crippen LogP contribution in [0.1, 0.15) is 0 Å². The number of benzene rings is 3. The van der Waals surface area contributed by atoms with Crippen molar-refractivity contribution in [2.45, 2.75) is 11.4 Å². The molecule has 4 rings (SSSR count). The van der Waals surface area contributed by atoms with Gasteiger partial charge in [-0.2, -0.15) is 0 Å². The van der Waals surface area contributed by atoms with Gasteiger partial charge in [-0.1, -0.05) is 30.3 Å². The Hall–Kier alpha value is -4.18. The number of sulfonamides is 1. The summed E-state index contributed by atoms with van der Waals surface area (Å²) in [6.45, 7) is -0.0545. The Balaban J connectivity index is 1.52. The Morgan fingerprint density at radius 2 is 1.62 bits per heavy atom. The zero-order chi connectivity index (χ0) is 22.7. The molecule has 0 fully saturated rings. The second-order valence-corrected chi connectivity index (χ2v) is 8.64. The van der Waals surface area contributed by atoms with Gasteiger partial charge in [0.2, 0.25) is 5.91 Å². The summed E-state index contributed by atoms with van der Waals surface area (Å²) in [7, 11) is -3.82. The number of carbonyl (C=O) groups is 1. The van der Waals surface area contributed by atoms with E-state index in [9.17, 15) is 23.3 Å². The SMILES string of the molecule is O=C(Cn1ccc2cc([N+](=O)[O-])ccc21)Nc1ccccc1NS(=O)(=O)c1ccccc1. The van der Waals surface area contributed by atoms with Gasteiger partial charge >= 0.3 is 0 Å². The first-order valence-electron chi connectivity index (χ1n) is 9.53. The molecule has 0 saturated carbocycles. The van der Waals surface area contributed by atoms with Crippen molar-refractivity contribution in [2.24, 2.45) is 0 Å². The van der Waals surface area contributed by atoms with Crippen molar-refractivity contribution >= 4 is 43.9 Å². The standard InChI is InChI=1S/C22H18N4O5S/c27-22(15-25-13-12-16-14-17(26(28)29)10-11-21(16)25)23-19-8-4-5-9-20(19)24-32(30,31)18-6-2-1-3-7-18/h1-14,24H,15H2,(H,23,27). The maximum absolute atomic E-state index is 12.7. The fourth-order valence-electron chi connectivity index (χ4n) is 3.27. The van der Waals surface area contributed by atoms with Crippen molar-refractivity contribution in [3.63, 3.8) is 0 Å². The van der Waals surface area contributed by atoms with Gasteiger partial charge in [0.15, 0.2) is 0 Å². The summed E-state index contributed by atoms with van der Waals surface area (Å²) < 4.78 is 29.4. The van der Waals surface area contributed by atoms with E-state index >= 15 is 0 Å². The second kappa shape index (κ2) is 8.52. The van der Waals surface area contributed by atoms with Gasteiger partial charge in [-0.15, -0.1) is 0 Å². The normalized spacial score (nSPS) is 11.2. The van der Waals surface area contributed by atoms with Gasteiger partial charge in [-0.3, -0.25) is 19.6 Å². The number of rotatable bonds is 7. The highest BCUT2D eigenvalue weighted by Crippen LogP contribution is 2.25. The van der Waals surface area contributed by atoms with Crippen LogP contribution in [0.2, 0.25) is 0 Å². The van der Waals surface area contributed by atoms with Crippen LogP contribution in [0.25, 0.3) is 10.9 Å². The maximum atomic E-state index is 12.7. The minimum absolute atomic E-state index is 0.0284. The number of para-hydroxylation sites is 2. The maximum Gasteiger partial charge on any atom is 0.270 e. The molecule has 0 bridgehead atoms. The lowest BCUT2D eigenvalue weighted by Crippen LogP contribution is -2.20. The zero-order valence-corrected chi connectivity index (χ0v) is 17.5. The summed E-state index contributed by atoms with van der Waals surface area (Å²) in [5.74, 6) is -0.382. The van der Waals surface area contributed by atoms with Gasteiger partial charge in [-0.05, 0) is 36.4 Å². The summed E-state index contributed by atoms with van der Waals surface area (Å²) in [4.78, 5) is 23.2. The molecule has 0 unspecified atom stereocenters. The summed E-state index contributed by atoms with van der Waals surface area (Å²) in [5, 5.41) is 14.3. The Labute approximate surface area is 183 Å². The van der Waals surface area contributed by atoms with Gasteiger partial charge in [0.25, 0.3) is 15.7 Å². The van der Waals surface area contributed by atoms with Crippen molar-refractivity contribution in [1.82, 2.24) is 4.57 Å². The molecule has 0 spiro atoms. The Morgan fingerprint density at radius 3 is 2.34 bits per heavy atom. The van der Waals surface area contributed by atoms with E-state index in [1.807, 2.05) is 0 Å². The lowest BCUT2D eigenvalue weighted by atomic mass is 10.2. The third-order valence-corrected chi connectivity index (χ3v) is 6.16. The summed E-state index contributed by atoms with van der Waals surface area (Å²) in [6.07, 6.45) is 1.66. The zero-order valence-electron chi connectivity index (χ0n) is 16.6. The molecule has 0 radical (unpaired) electrons. The van der Waals surface area contributed by atoms with Crippen molar-refractivity contribution < 1.29 is 18.1 Å². The van der Waals surface area contributed by atoms with E-state index in [2.05, 4.69) is 10.0 Å². The molecule has 0 atom stereocenters. The number of hydrogen-bond donors (Lipinski definition) is 2. The van der Waals surface area contributed by atoms with E-state index in [1.54, 1.807) is 65.4 Å².